The Morgan fingerprint density at radius 2 is 1.95 bits per heavy atom. The molecule has 4 N–H and O–H groups in total. The summed E-state index contributed by atoms with van der Waals surface area (Å²) >= 11 is 0. The third kappa shape index (κ3) is 4.45. The first kappa shape index (κ1) is 14.8. The van der Waals surface area contributed by atoms with Crippen LogP contribution < -0.4 is 16.4 Å². The molecule has 0 atom stereocenters. The van der Waals surface area contributed by atoms with Gasteiger partial charge in [0, 0.05) is 31.0 Å². The van der Waals surface area contributed by atoms with Crippen LogP contribution in [0.1, 0.15) is 22.5 Å². The lowest BCUT2D eigenvalue weighted by molar-refractivity contribution is 0.0953. The van der Waals surface area contributed by atoms with E-state index in [2.05, 4.69) is 20.6 Å². The van der Waals surface area contributed by atoms with Gasteiger partial charge >= 0.3 is 0 Å². The average Bonchev–Trinajstić information content (AvgIpc) is 2.51. The van der Waals surface area contributed by atoms with Gasteiger partial charge in [-0.3, -0.25) is 9.78 Å². The van der Waals surface area contributed by atoms with Crippen molar-refractivity contribution in [2.24, 2.45) is 0 Å². The zero-order chi connectivity index (χ0) is 15.1. The normalized spacial score (nSPS) is 10.1. The minimum atomic E-state index is -0.0844. The average molecular weight is 285 g/mol. The van der Waals surface area contributed by atoms with Crippen LogP contribution in [0.25, 0.3) is 0 Å². The van der Waals surface area contributed by atoms with Gasteiger partial charge in [0.2, 0.25) is 0 Å². The molecule has 0 aliphatic rings. The van der Waals surface area contributed by atoms with E-state index in [9.17, 15) is 4.79 Å². The third-order valence-corrected chi connectivity index (χ3v) is 3.01. The second-order valence-corrected chi connectivity index (χ2v) is 4.64. The van der Waals surface area contributed by atoms with Gasteiger partial charge in [0.15, 0.2) is 0 Å². The minimum absolute atomic E-state index is 0.0844. The summed E-state index contributed by atoms with van der Waals surface area (Å²) in [5.74, 6) is 0.709. The van der Waals surface area contributed by atoms with E-state index in [1.165, 1.54) is 0 Å². The van der Waals surface area contributed by atoms with Crippen molar-refractivity contribution in [1.29, 1.82) is 0 Å². The maximum atomic E-state index is 11.8. The highest BCUT2D eigenvalue weighted by molar-refractivity contribution is 5.93. The predicted octanol–water partition coefficient (Wildman–Crippen LogP) is 1.60. The van der Waals surface area contributed by atoms with Gasteiger partial charge in [0.25, 0.3) is 5.91 Å². The van der Waals surface area contributed by atoms with Gasteiger partial charge in [-0.1, -0.05) is 0 Å². The van der Waals surface area contributed by atoms with E-state index >= 15 is 0 Å². The quantitative estimate of drug-likeness (QED) is 0.701. The van der Waals surface area contributed by atoms with Crippen LogP contribution in [0.4, 0.5) is 11.5 Å². The third-order valence-electron chi connectivity index (χ3n) is 3.01. The maximum Gasteiger partial charge on any atom is 0.251 e. The van der Waals surface area contributed by atoms with Gasteiger partial charge in [-0.05, 0) is 37.6 Å². The van der Waals surface area contributed by atoms with Crippen molar-refractivity contribution in [2.75, 3.05) is 24.1 Å². The summed E-state index contributed by atoms with van der Waals surface area (Å²) in [7, 11) is 0. The first-order valence-corrected chi connectivity index (χ1v) is 6.82. The van der Waals surface area contributed by atoms with Crippen molar-refractivity contribution in [2.45, 2.75) is 13.3 Å². The van der Waals surface area contributed by atoms with Crippen molar-refractivity contribution >= 4 is 17.4 Å². The Bertz CT molecular complexity index is 600. The number of aromatic nitrogens is 2. The summed E-state index contributed by atoms with van der Waals surface area (Å²) in [5, 5.41) is 6.06. The van der Waals surface area contributed by atoms with E-state index in [0.717, 1.165) is 24.5 Å². The van der Waals surface area contributed by atoms with E-state index in [4.69, 9.17) is 5.73 Å². The molecule has 0 aliphatic carbocycles. The smallest absolute Gasteiger partial charge is 0.251 e. The van der Waals surface area contributed by atoms with Crippen molar-refractivity contribution in [3.8, 4) is 0 Å². The van der Waals surface area contributed by atoms with Crippen LogP contribution in [0.3, 0.4) is 0 Å². The van der Waals surface area contributed by atoms with E-state index in [1.807, 2.05) is 19.1 Å². The first-order valence-electron chi connectivity index (χ1n) is 6.82. The fraction of sp³-hybridized carbons (Fsp3) is 0.267. The molecule has 2 aromatic rings. The molecule has 0 fully saturated rings. The highest BCUT2D eigenvalue weighted by Crippen LogP contribution is 2.11. The lowest BCUT2D eigenvalue weighted by atomic mass is 10.2. The number of hydrogen-bond acceptors (Lipinski definition) is 5. The van der Waals surface area contributed by atoms with E-state index in [0.29, 0.717) is 17.8 Å². The number of hydrogen-bond donors (Lipinski definition) is 3. The van der Waals surface area contributed by atoms with Crippen LogP contribution in [0.15, 0.2) is 36.7 Å². The number of nitrogens with one attached hydrogen (secondary N) is 2. The SMILES string of the molecule is Cc1nc(NCCCNC(=O)c2ccncc2)ccc1N. The number of nitrogen functional groups attached to an aromatic ring is 1. The summed E-state index contributed by atoms with van der Waals surface area (Å²) in [6.45, 7) is 3.20. The molecule has 0 saturated heterocycles. The summed E-state index contributed by atoms with van der Waals surface area (Å²) in [4.78, 5) is 20.0. The molecule has 0 spiro atoms. The van der Waals surface area contributed by atoms with Gasteiger partial charge in [-0.2, -0.15) is 0 Å². The molecule has 0 aromatic carbocycles. The van der Waals surface area contributed by atoms with Crippen LogP contribution in [0.2, 0.25) is 0 Å². The van der Waals surface area contributed by atoms with Crippen molar-refractivity contribution < 1.29 is 4.79 Å². The lowest BCUT2D eigenvalue weighted by Crippen LogP contribution is -2.25. The van der Waals surface area contributed by atoms with Crippen LogP contribution >= 0.6 is 0 Å². The number of rotatable bonds is 6. The van der Waals surface area contributed by atoms with Gasteiger partial charge in [0.05, 0.1) is 11.4 Å². The molecule has 6 nitrogen and oxygen atoms in total. The van der Waals surface area contributed by atoms with E-state index < -0.39 is 0 Å². The van der Waals surface area contributed by atoms with E-state index in [1.54, 1.807) is 24.5 Å². The molecule has 2 aromatic heterocycles. The Labute approximate surface area is 123 Å². The molecule has 21 heavy (non-hydrogen) atoms. The number of amides is 1. The second kappa shape index (κ2) is 7.23. The first-order chi connectivity index (χ1) is 10.2. The van der Waals surface area contributed by atoms with Crippen LogP contribution in [0.5, 0.6) is 0 Å². The molecule has 110 valence electrons. The van der Waals surface area contributed by atoms with Crippen molar-refractivity contribution in [3.05, 3.63) is 47.9 Å². The number of anilines is 2. The van der Waals surface area contributed by atoms with Gasteiger partial charge in [-0.25, -0.2) is 4.98 Å². The lowest BCUT2D eigenvalue weighted by Gasteiger charge is -2.08. The van der Waals surface area contributed by atoms with Crippen molar-refractivity contribution in [1.82, 2.24) is 15.3 Å². The monoisotopic (exact) mass is 285 g/mol. The highest BCUT2D eigenvalue weighted by atomic mass is 16.1. The number of pyridine rings is 2. The number of aryl methyl sites for hydroxylation is 1. The largest absolute Gasteiger partial charge is 0.397 e. The van der Waals surface area contributed by atoms with Gasteiger partial charge in [-0.15, -0.1) is 0 Å². The molecular weight excluding hydrogens is 266 g/mol. The Hall–Kier alpha value is -2.63. The Morgan fingerprint density at radius 1 is 1.19 bits per heavy atom. The van der Waals surface area contributed by atoms with Crippen LogP contribution in [-0.4, -0.2) is 29.0 Å². The fourth-order valence-electron chi connectivity index (χ4n) is 1.78. The van der Waals surface area contributed by atoms with Crippen molar-refractivity contribution in [3.63, 3.8) is 0 Å². The molecule has 0 bridgehead atoms. The number of nitrogens with zero attached hydrogens (tertiary/aromatic N) is 2. The van der Waals surface area contributed by atoms with Gasteiger partial charge in [0.1, 0.15) is 5.82 Å². The summed E-state index contributed by atoms with van der Waals surface area (Å²) < 4.78 is 0. The summed E-state index contributed by atoms with van der Waals surface area (Å²) in [6, 6.07) is 7.05. The Balaban J connectivity index is 1.68. The molecule has 0 aliphatic heterocycles. The molecule has 0 radical (unpaired) electrons. The number of carbonyl (C=O) groups is 1. The Morgan fingerprint density at radius 3 is 2.67 bits per heavy atom. The molecule has 6 heteroatoms. The zero-order valence-corrected chi connectivity index (χ0v) is 12.0. The Kier molecular flexibility index (Phi) is 5.09. The maximum absolute atomic E-state index is 11.8. The standard InChI is InChI=1S/C15H19N5O/c1-11-13(16)3-4-14(20-11)18-7-2-8-19-15(21)12-5-9-17-10-6-12/h3-6,9-10H,2,7-8,16H2,1H3,(H,18,20)(H,19,21). The fourth-order valence-corrected chi connectivity index (χ4v) is 1.78. The number of carbonyl (C=O) groups excluding carboxylic acids is 1. The topological polar surface area (TPSA) is 92.9 Å². The molecular formula is C15H19N5O. The van der Waals surface area contributed by atoms with E-state index in [-0.39, 0.29) is 5.91 Å². The minimum Gasteiger partial charge on any atom is -0.397 e. The van der Waals surface area contributed by atoms with Crippen LogP contribution in [0, 0.1) is 6.92 Å². The van der Waals surface area contributed by atoms with Crippen LogP contribution in [-0.2, 0) is 0 Å². The molecule has 2 rings (SSSR count). The summed E-state index contributed by atoms with van der Waals surface area (Å²) in [6.07, 6.45) is 4.01. The van der Waals surface area contributed by atoms with Gasteiger partial charge < -0.3 is 16.4 Å². The molecule has 1 amide bonds. The summed E-state index contributed by atoms with van der Waals surface area (Å²) in [5.41, 5.74) is 7.83. The highest BCUT2D eigenvalue weighted by Gasteiger charge is 2.03. The predicted molar refractivity (Wildman–Crippen MR) is 83.1 cm³/mol. The molecule has 0 unspecified atom stereocenters. The zero-order valence-electron chi connectivity index (χ0n) is 12.0. The molecule has 2 heterocycles. The molecule has 0 saturated carbocycles. The number of nitrogens with two attached hydrogens (primary N) is 1. The second-order valence-electron chi connectivity index (χ2n) is 4.64.